The monoisotopic (exact) mass is 251 g/mol. The molecule has 0 spiro atoms. The van der Waals surface area contributed by atoms with Gasteiger partial charge in [-0.15, -0.1) is 0 Å². The van der Waals surface area contributed by atoms with Crippen LogP contribution in [0.5, 0.6) is 0 Å². The van der Waals surface area contributed by atoms with E-state index in [9.17, 15) is 14.7 Å². The number of nitrogens with one attached hydrogen (secondary N) is 2. The normalized spacial score (nSPS) is 9.47. The van der Waals surface area contributed by atoms with Gasteiger partial charge in [0, 0.05) is 12.1 Å². The lowest BCUT2D eigenvalue weighted by Crippen LogP contribution is -2.33. The maximum absolute atomic E-state index is 11.0. The summed E-state index contributed by atoms with van der Waals surface area (Å²) in [6.45, 7) is 1.71. The Kier molecular flexibility index (Phi) is 4.59. The molecular weight excluding hydrogens is 240 g/mol. The molecule has 0 heterocycles. The topological polar surface area (TPSA) is 81.3 Å². The van der Waals surface area contributed by atoms with Gasteiger partial charge in [-0.2, -0.15) is 0 Å². The third-order valence-corrected chi connectivity index (χ3v) is 2.16. The molecule has 0 saturated heterocycles. The van der Waals surface area contributed by atoms with Crippen LogP contribution in [0.3, 0.4) is 0 Å². The number of carboxylic acids is 1. The third-order valence-electron chi connectivity index (χ3n) is 1.95. The fourth-order valence-electron chi connectivity index (χ4n) is 1.07. The second-order valence-corrected chi connectivity index (χ2v) is 3.63. The van der Waals surface area contributed by atoms with Crippen LogP contribution in [0, 0.1) is 0 Å². The van der Waals surface area contributed by atoms with Crippen LogP contribution in [0.25, 0.3) is 0 Å². The molecule has 0 aliphatic rings. The van der Waals surface area contributed by atoms with Crippen LogP contribution in [0.15, 0.2) is 24.3 Å². The SMILES string of the molecule is CCC(=O)NC(=S)Nc1ccc(C(=O)[O-])cc1. The number of anilines is 1. The minimum Gasteiger partial charge on any atom is -0.545 e. The van der Waals surface area contributed by atoms with Gasteiger partial charge < -0.3 is 20.5 Å². The highest BCUT2D eigenvalue weighted by molar-refractivity contribution is 7.80. The van der Waals surface area contributed by atoms with Crippen molar-refractivity contribution >= 4 is 34.9 Å². The molecule has 6 heteroatoms. The molecule has 1 aromatic carbocycles. The van der Waals surface area contributed by atoms with E-state index in [-0.39, 0.29) is 16.6 Å². The molecule has 1 aromatic rings. The molecule has 17 heavy (non-hydrogen) atoms. The van der Waals surface area contributed by atoms with Gasteiger partial charge in [0.25, 0.3) is 0 Å². The second kappa shape index (κ2) is 5.95. The van der Waals surface area contributed by atoms with Gasteiger partial charge in [-0.05, 0) is 29.9 Å². The van der Waals surface area contributed by atoms with Gasteiger partial charge >= 0.3 is 0 Å². The Bertz CT molecular complexity index is 443. The molecular formula is C11H11N2O3S-. The van der Waals surface area contributed by atoms with Crippen molar-refractivity contribution in [2.24, 2.45) is 0 Å². The van der Waals surface area contributed by atoms with E-state index >= 15 is 0 Å². The lowest BCUT2D eigenvalue weighted by atomic mass is 10.2. The zero-order valence-corrected chi connectivity index (χ0v) is 9.97. The summed E-state index contributed by atoms with van der Waals surface area (Å²) in [5, 5.41) is 15.9. The third kappa shape index (κ3) is 4.20. The highest BCUT2D eigenvalue weighted by Gasteiger charge is 2.02. The van der Waals surface area contributed by atoms with Crippen LogP contribution >= 0.6 is 12.2 Å². The Labute approximate surface area is 104 Å². The number of benzene rings is 1. The molecule has 0 radical (unpaired) electrons. The number of hydrogen-bond acceptors (Lipinski definition) is 4. The van der Waals surface area contributed by atoms with E-state index in [0.717, 1.165) is 0 Å². The molecule has 5 nitrogen and oxygen atoms in total. The summed E-state index contributed by atoms with van der Waals surface area (Å²) in [4.78, 5) is 21.5. The summed E-state index contributed by atoms with van der Waals surface area (Å²) in [7, 11) is 0. The molecule has 0 aromatic heterocycles. The first-order chi connectivity index (χ1) is 8.02. The van der Waals surface area contributed by atoms with Crippen molar-refractivity contribution in [2.75, 3.05) is 5.32 Å². The Morgan fingerprint density at radius 2 is 1.88 bits per heavy atom. The number of amides is 1. The molecule has 0 bridgehead atoms. The number of aromatic carboxylic acids is 1. The van der Waals surface area contributed by atoms with Crippen molar-refractivity contribution < 1.29 is 14.7 Å². The average Bonchev–Trinajstić information content (AvgIpc) is 2.29. The summed E-state index contributed by atoms with van der Waals surface area (Å²) < 4.78 is 0. The zero-order valence-electron chi connectivity index (χ0n) is 9.15. The minimum absolute atomic E-state index is 0.0825. The Balaban J connectivity index is 2.60. The van der Waals surface area contributed by atoms with E-state index in [0.29, 0.717) is 12.1 Å². The molecule has 0 saturated carbocycles. The minimum atomic E-state index is -1.24. The maximum Gasteiger partial charge on any atom is 0.225 e. The first-order valence-electron chi connectivity index (χ1n) is 4.95. The van der Waals surface area contributed by atoms with Gasteiger partial charge in [0.2, 0.25) is 5.91 Å². The van der Waals surface area contributed by atoms with Crippen molar-refractivity contribution in [2.45, 2.75) is 13.3 Å². The van der Waals surface area contributed by atoms with Crippen molar-refractivity contribution in [3.63, 3.8) is 0 Å². The first kappa shape index (κ1) is 13.1. The molecule has 0 atom stereocenters. The fourth-order valence-corrected chi connectivity index (χ4v) is 1.30. The van der Waals surface area contributed by atoms with Crippen LogP contribution in [-0.4, -0.2) is 17.0 Å². The summed E-state index contributed by atoms with van der Waals surface area (Å²) >= 11 is 4.89. The largest absolute Gasteiger partial charge is 0.545 e. The second-order valence-electron chi connectivity index (χ2n) is 3.22. The summed E-state index contributed by atoms with van der Waals surface area (Å²) in [6.07, 6.45) is 0.339. The van der Waals surface area contributed by atoms with Crippen molar-refractivity contribution in [1.82, 2.24) is 5.32 Å². The van der Waals surface area contributed by atoms with Crippen molar-refractivity contribution in [3.05, 3.63) is 29.8 Å². The lowest BCUT2D eigenvalue weighted by Gasteiger charge is -2.09. The van der Waals surface area contributed by atoms with Crippen LogP contribution in [0.2, 0.25) is 0 Å². The Hall–Kier alpha value is -1.95. The number of rotatable bonds is 3. The summed E-state index contributed by atoms with van der Waals surface area (Å²) in [5.74, 6) is -1.42. The predicted octanol–water partition coefficient (Wildman–Crippen LogP) is 0.273. The smallest absolute Gasteiger partial charge is 0.225 e. The van der Waals surface area contributed by atoms with E-state index < -0.39 is 5.97 Å². The van der Waals surface area contributed by atoms with E-state index in [4.69, 9.17) is 12.2 Å². The molecule has 0 unspecified atom stereocenters. The van der Waals surface area contributed by atoms with Gasteiger partial charge in [-0.3, -0.25) is 4.79 Å². The maximum atomic E-state index is 11.0. The predicted molar refractivity (Wildman–Crippen MR) is 65.4 cm³/mol. The van der Waals surface area contributed by atoms with Gasteiger partial charge in [0.05, 0.1) is 5.97 Å². The number of carbonyl (C=O) groups is 2. The molecule has 90 valence electrons. The van der Waals surface area contributed by atoms with Crippen LogP contribution < -0.4 is 15.7 Å². The quantitative estimate of drug-likeness (QED) is 0.754. The number of carbonyl (C=O) groups excluding carboxylic acids is 2. The Morgan fingerprint density at radius 3 is 2.35 bits per heavy atom. The molecule has 0 aliphatic heterocycles. The van der Waals surface area contributed by atoms with Crippen LogP contribution in [-0.2, 0) is 4.79 Å². The van der Waals surface area contributed by atoms with Gasteiger partial charge in [-0.1, -0.05) is 19.1 Å². The fraction of sp³-hybridized carbons (Fsp3) is 0.182. The average molecular weight is 251 g/mol. The first-order valence-corrected chi connectivity index (χ1v) is 5.36. The van der Waals surface area contributed by atoms with Gasteiger partial charge in [0.15, 0.2) is 5.11 Å². The van der Waals surface area contributed by atoms with Gasteiger partial charge in [-0.25, -0.2) is 0 Å². The van der Waals surface area contributed by atoms with Crippen molar-refractivity contribution in [1.29, 1.82) is 0 Å². The summed E-state index contributed by atoms with van der Waals surface area (Å²) in [6, 6.07) is 5.86. The molecule has 0 fully saturated rings. The van der Waals surface area contributed by atoms with E-state index in [1.54, 1.807) is 6.92 Å². The highest BCUT2D eigenvalue weighted by Crippen LogP contribution is 2.08. The lowest BCUT2D eigenvalue weighted by molar-refractivity contribution is -0.255. The van der Waals surface area contributed by atoms with Crippen LogP contribution in [0.1, 0.15) is 23.7 Å². The molecule has 1 amide bonds. The highest BCUT2D eigenvalue weighted by atomic mass is 32.1. The number of thiocarbonyl (C=S) groups is 1. The summed E-state index contributed by atoms with van der Waals surface area (Å²) in [5.41, 5.74) is 0.676. The zero-order chi connectivity index (χ0) is 12.8. The standard InChI is InChI=1S/C11H12N2O3S/c1-2-9(14)13-11(17)12-8-5-3-7(4-6-8)10(15)16/h3-6H,2H2,1H3,(H,15,16)(H2,12,13,14,17)/p-1. The molecule has 0 aliphatic carbocycles. The van der Waals surface area contributed by atoms with E-state index in [2.05, 4.69) is 10.6 Å². The molecule has 2 N–H and O–H groups in total. The number of carboxylic acid groups (broad SMARTS) is 1. The van der Waals surface area contributed by atoms with Crippen LogP contribution in [0.4, 0.5) is 5.69 Å². The van der Waals surface area contributed by atoms with E-state index in [1.165, 1.54) is 24.3 Å². The van der Waals surface area contributed by atoms with Crippen molar-refractivity contribution in [3.8, 4) is 0 Å². The van der Waals surface area contributed by atoms with Gasteiger partial charge in [0.1, 0.15) is 0 Å². The van der Waals surface area contributed by atoms with E-state index in [1.807, 2.05) is 0 Å². The molecule has 1 rings (SSSR count). The number of hydrogen-bond donors (Lipinski definition) is 2. The Morgan fingerprint density at radius 1 is 1.29 bits per heavy atom.